The number of fused-ring (bicyclic) bond motifs is 7. The summed E-state index contributed by atoms with van der Waals surface area (Å²) in [5, 5.41) is 10.3. The normalized spacial score (nSPS) is 46.3. The Morgan fingerprint density at radius 1 is 1.14 bits per heavy atom. The Morgan fingerprint density at radius 2 is 1.94 bits per heavy atom. The standard InChI is InChI=1S/C31H49NO3/c1-20(19-32-13-15-34-16-14-32)5-8-27-21(2)29-28(35-27)18-26-24-7-6-22-17-23(33)9-11-30(22,3)25(24)10-12-31(26,29)4/h6,20,23-26,28-29,33H,5,7-19H2,1-4H3/t20-,23+,24-,25+,26+,28+,29+,30+,31+/m1/s1. The first-order valence-electron chi connectivity index (χ1n) is 14.8. The van der Waals surface area contributed by atoms with Crippen molar-refractivity contribution in [2.24, 2.45) is 40.4 Å². The zero-order valence-electron chi connectivity index (χ0n) is 22.7. The average Bonchev–Trinajstić information content (AvgIpc) is 3.32. The molecule has 0 aromatic carbocycles. The molecule has 4 heteroatoms. The van der Waals surface area contributed by atoms with Gasteiger partial charge in [0.2, 0.25) is 0 Å². The third-order valence-corrected chi connectivity index (χ3v) is 11.8. The molecule has 0 radical (unpaired) electrons. The fraction of sp³-hybridized carbons (Fsp3) is 0.871. The molecule has 196 valence electrons. The third kappa shape index (κ3) is 4.05. The summed E-state index contributed by atoms with van der Waals surface area (Å²) in [6.45, 7) is 15.1. The molecule has 4 aliphatic carbocycles. The van der Waals surface area contributed by atoms with Crippen molar-refractivity contribution < 1.29 is 14.6 Å². The van der Waals surface area contributed by atoms with Crippen molar-refractivity contribution in [1.82, 2.24) is 4.90 Å². The lowest BCUT2D eigenvalue weighted by Gasteiger charge is -2.57. The molecule has 2 heterocycles. The summed E-state index contributed by atoms with van der Waals surface area (Å²) in [4.78, 5) is 2.57. The summed E-state index contributed by atoms with van der Waals surface area (Å²) in [6.07, 6.45) is 13.5. The number of aliphatic hydroxyl groups is 1. The minimum Gasteiger partial charge on any atom is -0.494 e. The Kier molecular flexibility index (Phi) is 6.42. The summed E-state index contributed by atoms with van der Waals surface area (Å²) < 4.78 is 12.3. The molecule has 0 spiro atoms. The lowest BCUT2D eigenvalue weighted by atomic mass is 9.47. The second kappa shape index (κ2) is 9.17. The first-order valence-corrected chi connectivity index (χ1v) is 14.8. The lowest BCUT2D eigenvalue weighted by molar-refractivity contribution is -0.0454. The SMILES string of the molecule is CC1=C(CC[C@@H](C)CN2CCOCC2)O[C@H]2C[C@H]3[C@@H]4CC=C5C[C@@H](O)CC[C@]5(C)[C@H]4CC[C@]3(C)[C@@H]12. The van der Waals surface area contributed by atoms with Crippen molar-refractivity contribution in [3.8, 4) is 0 Å². The van der Waals surface area contributed by atoms with E-state index in [0.29, 0.717) is 28.8 Å². The van der Waals surface area contributed by atoms with Crippen molar-refractivity contribution in [3.05, 3.63) is 23.0 Å². The molecule has 0 unspecified atom stereocenters. The van der Waals surface area contributed by atoms with Crippen molar-refractivity contribution in [2.75, 3.05) is 32.8 Å². The quantitative estimate of drug-likeness (QED) is 0.490. The van der Waals surface area contributed by atoms with E-state index in [4.69, 9.17) is 9.47 Å². The van der Waals surface area contributed by atoms with E-state index < -0.39 is 0 Å². The number of allylic oxidation sites excluding steroid dienone is 2. The second-order valence-electron chi connectivity index (χ2n) is 13.7. The van der Waals surface area contributed by atoms with Crippen molar-refractivity contribution in [2.45, 2.75) is 97.7 Å². The van der Waals surface area contributed by atoms with Crippen LogP contribution in [0.3, 0.4) is 0 Å². The Hall–Kier alpha value is -0.840. The summed E-state index contributed by atoms with van der Waals surface area (Å²) in [7, 11) is 0. The monoisotopic (exact) mass is 483 g/mol. The molecule has 4 nitrogen and oxygen atoms in total. The van der Waals surface area contributed by atoms with Crippen LogP contribution < -0.4 is 0 Å². The maximum atomic E-state index is 10.3. The minimum atomic E-state index is -0.109. The van der Waals surface area contributed by atoms with Gasteiger partial charge >= 0.3 is 0 Å². The van der Waals surface area contributed by atoms with E-state index in [1.165, 1.54) is 50.8 Å². The van der Waals surface area contributed by atoms with E-state index >= 15 is 0 Å². The molecule has 0 bridgehead atoms. The Bertz CT molecular complexity index is 874. The summed E-state index contributed by atoms with van der Waals surface area (Å²) in [5.74, 6) is 5.07. The van der Waals surface area contributed by atoms with Gasteiger partial charge in [-0.2, -0.15) is 0 Å². The third-order valence-electron chi connectivity index (χ3n) is 11.8. The average molecular weight is 484 g/mol. The fourth-order valence-corrected chi connectivity index (χ4v) is 9.92. The molecule has 0 aromatic heterocycles. The van der Waals surface area contributed by atoms with Gasteiger partial charge in [-0.25, -0.2) is 0 Å². The Morgan fingerprint density at radius 3 is 2.74 bits per heavy atom. The van der Waals surface area contributed by atoms with Crippen molar-refractivity contribution in [3.63, 3.8) is 0 Å². The van der Waals surface area contributed by atoms with E-state index in [2.05, 4.69) is 38.7 Å². The molecule has 1 N–H and O–H groups in total. The molecule has 6 rings (SSSR count). The van der Waals surface area contributed by atoms with Crippen LogP contribution in [0, 0.1) is 40.4 Å². The molecule has 2 aliphatic heterocycles. The Labute approximate surface area is 213 Å². The van der Waals surface area contributed by atoms with Gasteiger partial charge in [0.05, 0.1) is 25.1 Å². The van der Waals surface area contributed by atoms with Gasteiger partial charge in [0.1, 0.15) is 6.10 Å². The molecular weight excluding hydrogens is 434 g/mol. The Balaban J connectivity index is 1.14. The van der Waals surface area contributed by atoms with Crippen LogP contribution in [0.1, 0.15) is 85.5 Å². The van der Waals surface area contributed by atoms with Gasteiger partial charge < -0.3 is 14.6 Å². The van der Waals surface area contributed by atoms with Crippen LogP contribution in [-0.2, 0) is 9.47 Å². The number of nitrogens with zero attached hydrogens (tertiary/aromatic N) is 1. The smallest absolute Gasteiger partial charge is 0.106 e. The van der Waals surface area contributed by atoms with Gasteiger partial charge in [-0.05, 0) is 98.4 Å². The van der Waals surface area contributed by atoms with Crippen LogP contribution in [0.15, 0.2) is 23.0 Å². The van der Waals surface area contributed by atoms with Crippen LogP contribution in [0.25, 0.3) is 0 Å². The molecule has 4 fully saturated rings. The summed E-state index contributed by atoms with van der Waals surface area (Å²) in [5.41, 5.74) is 3.90. The number of ether oxygens (including phenoxy) is 2. The predicted octanol–water partition coefficient (Wildman–Crippen LogP) is 5.96. The van der Waals surface area contributed by atoms with E-state index in [0.717, 1.165) is 63.3 Å². The molecule has 35 heavy (non-hydrogen) atoms. The first-order chi connectivity index (χ1) is 16.8. The van der Waals surface area contributed by atoms with Crippen molar-refractivity contribution >= 4 is 0 Å². The molecule has 9 atom stereocenters. The first kappa shape index (κ1) is 24.5. The lowest BCUT2D eigenvalue weighted by Crippen LogP contribution is -2.50. The molecular formula is C31H49NO3. The van der Waals surface area contributed by atoms with Crippen LogP contribution in [0.5, 0.6) is 0 Å². The molecule has 6 aliphatic rings. The second-order valence-corrected chi connectivity index (χ2v) is 13.7. The highest BCUT2D eigenvalue weighted by Crippen LogP contribution is 2.68. The van der Waals surface area contributed by atoms with Gasteiger partial charge in [0.15, 0.2) is 0 Å². The zero-order valence-corrected chi connectivity index (χ0v) is 22.7. The zero-order chi connectivity index (χ0) is 24.4. The highest BCUT2D eigenvalue weighted by Gasteiger charge is 2.63. The maximum absolute atomic E-state index is 10.3. The topological polar surface area (TPSA) is 41.9 Å². The number of hydrogen-bond acceptors (Lipinski definition) is 4. The van der Waals surface area contributed by atoms with Gasteiger partial charge in [-0.1, -0.05) is 32.4 Å². The van der Waals surface area contributed by atoms with E-state index in [9.17, 15) is 5.11 Å². The molecule has 1 saturated heterocycles. The highest BCUT2D eigenvalue weighted by molar-refractivity contribution is 5.30. The molecule has 0 amide bonds. The van der Waals surface area contributed by atoms with Crippen LogP contribution in [0.4, 0.5) is 0 Å². The number of morpholine rings is 1. The van der Waals surface area contributed by atoms with Crippen LogP contribution >= 0.6 is 0 Å². The van der Waals surface area contributed by atoms with Gasteiger partial charge in [0.25, 0.3) is 0 Å². The van der Waals surface area contributed by atoms with E-state index in [1.54, 1.807) is 11.1 Å². The van der Waals surface area contributed by atoms with E-state index in [-0.39, 0.29) is 6.10 Å². The molecule has 0 aromatic rings. The van der Waals surface area contributed by atoms with Crippen LogP contribution in [-0.4, -0.2) is 55.1 Å². The van der Waals surface area contributed by atoms with Gasteiger partial charge in [0, 0.05) is 32.0 Å². The minimum absolute atomic E-state index is 0.109. The van der Waals surface area contributed by atoms with Crippen molar-refractivity contribution in [1.29, 1.82) is 0 Å². The summed E-state index contributed by atoms with van der Waals surface area (Å²) >= 11 is 0. The van der Waals surface area contributed by atoms with Crippen LogP contribution in [0.2, 0.25) is 0 Å². The number of aliphatic hydroxyl groups excluding tert-OH is 1. The highest BCUT2D eigenvalue weighted by atomic mass is 16.5. The fourth-order valence-electron chi connectivity index (χ4n) is 9.92. The largest absolute Gasteiger partial charge is 0.494 e. The summed E-state index contributed by atoms with van der Waals surface area (Å²) in [6, 6.07) is 0. The number of hydrogen-bond donors (Lipinski definition) is 1. The predicted molar refractivity (Wildman–Crippen MR) is 140 cm³/mol. The van der Waals surface area contributed by atoms with Gasteiger partial charge in [-0.3, -0.25) is 4.90 Å². The van der Waals surface area contributed by atoms with E-state index in [1.807, 2.05) is 0 Å². The molecule has 3 saturated carbocycles. The maximum Gasteiger partial charge on any atom is 0.106 e. The number of rotatable bonds is 5. The van der Waals surface area contributed by atoms with Gasteiger partial charge in [-0.15, -0.1) is 0 Å².